The topological polar surface area (TPSA) is 49.3 Å². The van der Waals surface area contributed by atoms with Gasteiger partial charge >= 0.3 is 0 Å². The third-order valence-electron chi connectivity index (χ3n) is 3.61. The van der Waals surface area contributed by atoms with Crippen molar-refractivity contribution in [2.24, 2.45) is 0 Å². The van der Waals surface area contributed by atoms with Crippen LogP contribution in [0.5, 0.6) is 0 Å². The van der Waals surface area contributed by atoms with E-state index in [1.54, 1.807) is 0 Å². The standard InChI is InChI=1S/C17H17NO2S/c1-10-3-6-12(7-4-10)16-15(19)17(20)18-13-8-5-11(2)9-14(13)21-16/h3-9,15-16,19H,1-2H3,(H,18,20). The summed E-state index contributed by atoms with van der Waals surface area (Å²) in [7, 11) is 0. The molecule has 1 aliphatic heterocycles. The highest BCUT2D eigenvalue weighted by Gasteiger charge is 2.32. The largest absolute Gasteiger partial charge is 0.382 e. The van der Waals surface area contributed by atoms with E-state index in [1.165, 1.54) is 11.8 Å². The van der Waals surface area contributed by atoms with Crippen LogP contribution in [0, 0.1) is 13.8 Å². The van der Waals surface area contributed by atoms with E-state index in [2.05, 4.69) is 5.32 Å². The molecule has 0 bridgehead atoms. The summed E-state index contributed by atoms with van der Waals surface area (Å²) in [6, 6.07) is 13.8. The molecule has 2 N–H and O–H groups in total. The van der Waals surface area contributed by atoms with Gasteiger partial charge in [-0.3, -0.25) is 4.79 Å². The fourth-order valence-corrected chi connectivity index (χ4v) is 3.70. The summed E-state index contributed by atoms with van der Waals surface area (Å²) in [6.45, 7) is 4.04. The summed E-state index contributed by atoms with van der Waals surface area (Å²) >= 11 is 1.53. The maximum Gasteiger partial charge on any atom is 0.254 e. The van der Waals surface area contributed by atoms with Crippen molar-refractivity contribution in [2.45, 2.75) is 30.1 Å². The third kappa shape index (κ3) is 2.82. The van der Waals surface area contributed by atoms with Gasteiger partial charge in [0.15, 0.2) is 0 Å². The van der Waals surface area contributed by atoms with Crippen LogP contribution in [-0.2, 0) is 4.79 Å². The Kier molecular flexibility index (Phi) is 3.74. The fraction of sp³-hybridized carbons (Fsp3) is 0.235. The molecule has 0 fully saturated rings. The maximum atomic E-state index is 12.1. The summed E-state index contributed by atoms with van der Waals surface area (Å²) < 4.78 is 0. The normalized spacial score (nSPS) is 21.4. The minimum absolute atomic E-state index is 0.298. The highest BCUT2D eigenvalue weighted by atomic mass is 32.2. The van der Waals surface area contributed by atoms with E-state index in [4.69, 9.17) is 0 Å². The number of hydrogen-bond acceptors (Lipinski definition) is 3. The van der Waals surface area contributed by atoms with Crippen LogP contribution in [0.4, 0.5) is 5.69 Å². The number of thioether (sulfide) groups is 1. The van der Waals surface area contributed by atoms with Gasteiger partial charge in [-0.1, -0.05) is 35.9 Å². The Morgan fingerprint density at radius 1 is 1.05 bits per heavy atom. The molecule has 3 rings (SSSR count). The number of amides is 1. The number of hydrogen-bond donors (Lipinski definition) is 2. The number of carbonyl (C=O) groups is 1. The predicted molar refractivity (Wildman–Crippen MR) is 85.6 cm³/mol. The van der Waals surface area contributed by atoms with Crippen LogP contribution in [0.3, 0.4) is 0 Å². The average molecular weight is 299 g/mol. The van der Waals surface area contributed by atoms with Gasteiger partial charge in [0.05, 0.1) is 10.9 Å². The molecule has 2 atom stereocenters. The molecule has 1 amide bonds. The second kappa shape index (κ2) is 5.54. The number of aryl methyl sites for hydroxylation is 2. The van der Waals surface area contributed by atoms with Crippen LogP contribution in [0.2, 0.25) is 0 Å². The summed E-state index contributed by atoms with van der Waals surface area (Å²) in [5.41, 5.74) is 4.02. The first-order chi connectivity index (χ1) is 10.0. The lowest BCUT2D eigenvalue weighted by atomic mass is 10.1. The van der Waals surface area contributed by atoms with Gasteiger partial charge in [0.2, 0.25) is 0 Å². The van der Waals surface area contributed by atoms with Gasteiger partial charge in [-0.05, 0) is 37.1 Å². The number of rotatable bonds is 1. The number of benzene rings is 2. The molecular formula is C17H17NO2S. The van der Waals surface area contributed by atoms with E-state index in [9.17, 15) is 9.90 Å². The molecule has 1 aliphatic rings. The zero-order valence-electron chi connectivity index (χ0n) is 12.0. The number of aliphatic hydroxyl groups excluding tert-OH is 1. The lowest BCUT2D eigenvalue weighted by Crippen LogP contribution is -2.30. The molecular weight excluding hydrogens is 282 g/mol. The van der Waals surface area contributed by atoms with Gasteiger partial charge in [0, 0.05) is 4.90 Å². The molecule has 2 unspecified atom stereocenters. The Morgan fingerprint density at radius 2 is 1.71 bits per heavy atom. The van der Waals surface area contributed by atoms with Crippen LogP contribution in [0.1, 0.15) is 21.9 Å². The lowest BCUT2D eigenvalue weighted by Gasteiger charge is -2.19. The van der Waals surface area contributed by atoms with Crippen LogP contribution in [0.15, 0.2) is 47.4 Å². The van der Waals surface area contributed by atoms with Crippen LogP contribution in [0.25, 0.3) is 0 Å². The SMILES string of the molecule is Cc1ccc(C2Sc3cc(C)ccc3NC(=O)C2O)cc1. The second-order valence-electron chi connectivity index (χ2n) is 5.38. The molecule has 0 aromatic heterocycles. The van der Waals surface area contributed by atoms with Crippen molar-refractivity contribution in [1.29, 1.82) is 0 Å². The van der Waals surface area contributed by atoms with Gasteiger partial charge in [0.25, 0.3) is 5.91 Å². The Morgan fingerprint density at radius 3 is 2.43 bits per heavy atom. The molecule has 2 aromatic carbocycles. The molecule has 2 aromatic rings. The van der Waals surface area contributed by atoms with E-state index in [0.29, 0.717) is 0 Å². The van der Waals surface area contributed by atoms with Crippen LogP contribution >= 0.6 is 11.8 Å². The van der Waals surface area contributed by atoms with Crippen molar-refractivity contribution in [1.82, 2.24) is 0 Å². The van der Waals surface area contributed by atoms with Gasteiger partial charge < -0.3 is 10.4 Å². The molecule has 4 heteroatoms. The van der Waals surface area contributed by atoms with Crippen molar-refractivity contribution in [3.8, 4) is 0 Å². The lowest BCUT2D eigenvalue weighted by molar-refractivity contribution is -0.124. The number of anilines is 1. The fourth-order valence-electron chi connectivity index (χ4n) is 2.38. The van der Waals surface area contributed by atoms with E-state index in [-0.39, 0.29) is 11.2 Å². The zero-order chi connectivity index (χ0) is 15.0. The smallest absolute Gasteiger partial charge is 0.254 e. The van der Waals surface area contributed by atoms with Gasteiger partial charge in [-0.15, -0.1) is 11.8 Å². The first-order valence-electron chi connectivity index (χ1n) is 6.87. The van der Waals surface area contributed by atoms with Crippen molar-refractivity contribution in [2.75, 3.05) is 5.32 Å². The molecule has 0 spiro atoms. The summed E-state index contributed by atoms with van der Waals surface area (Å²) in [5.74, 6) is -0.351. The van der Waals surface area contributed by atoms with Crippen molar-refractivity contribution >= 4 is 23.4 Å². The van der Waals surface area contributed by atoms with Crippen molar-refractivity contribution < 1.29 is 9.90 Å². The summed E-state index contributed by atoms with van der Waals surface area (Å²) in [4.78, 5) is 13.1. The summed E-state index contributed by atoms with van der Waals surface area (Å²) in [6.07, 6.45) is -1.06. The molecule has 0 saturated heterocycles. The van der Waals surface area contributed by atoms with E-state index < -0.39 is 6.10 Å². The van der Waals surface area contributed by atoms with Crippen molar-refractivity contribution in [3.05, 3.63) is 59.2 Å². The van der Waals surface area contributed by atoms with Gasteiger partial charge in [0.1, 0.15) is 6.10 Å². The quantitative estimate of drug-likeness (QED) is 0.848. The molecule has 108 valence electrons. The van der Waals surface area contributed by atoms with E-state index in [1.807, 2.05) is 56.3 Å². The average Bonchev–Trinajstić information content (AvgIpc) is 2.58. The number of nitrogens with one attached hydrogen (secondary N) is 1. The minimum atomic E-state index is -1.06. The zero-order valence-corrected chi connectivity index (χ0v) is 12.8. The van der Waals surface area contributed by atoms with E-state index in [0.717, 1.165) is 27.3 Å². The second-order valence-corrected chi connectivity index (χ2v) is 6.57. The Labute approximate surface area is 128 Å². The molecule has 1 heterocycles. The van der Waals surface area contributed by atoms with Crippen LogP contribution in [-0.4, -0.2) is 17.1 Å². The summed E-state index contributed by atoms with van der Waals surface area (Å²) in [5, 5.41) is 12.9. The van der Waals surface area contributed by atoms with Gasteiger partial charge in [-0.25, -0.2) is 0 Å². The Balaban J connectivity index is 2.03. The predicted octanol–water partition coefficient (Wildman–Crippen LogP) is 3.45. The van der Waals surface area contributed by atoms with Gasteiger partial charge in [-0.2, -0.15) is 0 Å². The first-order valence-corrected chi connectivity index (χ1v) is 7.75. The number of aliphatic hydroxyl groups is 1. The Hall–Kier alpha value is -1.78. The molecule has 0 radical (unpaired) electrons. The minimum Gasteiger partial charge on any atom is -0.382 e. The number of carbonyl (C=O) groups excluding carboxylic acids is 1. The highest BCUT2D eigenvalue weighted by molar-refractivity contribution is 7.99. The first kappa shape index (κ1) is 14.2. The van der Waals surface area contributed by atoms with E-state index >= 15 is 0 Å². The number of fused-ring (bicyclic) bond motifs is 1. The molecule has 3 nitrogen and oxygen atoms in total. The Bertz CT molecular complexity index is 682. The third-order valence-corrected chi connectivity index (χ3v) is 4.99. The molecule has 21 heavy (non-hydrogen) atoms. The maximum absolute atomic E-state index is 12.1. The highest BCUT2D eigenvalue weighted by Crippen LogP contribution is 2.44. The monoisotopic (exact) mass is 299 g/mol. The van der Waals surface area contributed by atoms with Crippen LogP contribution < -0.4 is 5.32 Å². The molecule has 0 aliphatic carbocycles. The molecule has 0 saturated carbocycles. The van der Waals surface area contributed by atoms with Crippen molar-refractivity contribution in [3.63, 3.8) is 0 Å².